The van der Waals surface area contributed by atoms with Gasteiger partial charge in [-0.05, 0) is 46.7 Å². The molecule has 1 aliphatic rings. The maximum Gasteiger partial charge on any atom is 0.246 e. The first kappa shape index (κ1) is 15.9. The fourth-order valence-electron chi connectivity index (χ4n) is 1.91. The quantitative estimate of drug-likeness (QED) is 0.624. The predicted octanol–water partition coefficient (Wildman–Crippen LogP) is -0.216. The molecular formula is C13H25N3O3. The number of hydrogen-bond donors (Lipinski definition) is 3. The van der Waals surface area contributed by atoms with Crippen molar-refractivity contribution in [2.24, 2.45) is 0 Å². The number of rotatable bonds is 6. The summed E-state index contributed by atoms with van der Waals surface area (Å²) < 4.78 is 5.52. The van der Waals surface area contributed by atoms with Crippen LogP contribution >= 0.6 is 0 Å². The molecule has 1 fully saturated rings. The van der Waals surface area contributed by atoms with Gasteiger partial charge in [0.25, 0.3) is 0 Å². The van der Waals surface area contributed by atoms with E-state index in [4.69, 9.17) is 4.74 Å². The zero-order valence-electron chi connectivity index (χ0n) is 12.0. The lowest BCUT2D eigenvalue weighted by atomic mass is 10.1. The maximum absolute atomic E-state index is 11.7. The standard InChI is InChI=1S/C13H25N3O3/c1-9(2)15-13(18)10(3)16-12(17)8-19-11-4-6-14-7-5-11/h9-11,14H,4-8H2,1-3H3,(H,15,18)(H,16,17). The molecule has 6 nitrogen and oxygen atoms in total. The number of piperidine rings is 1. The van der Waals surface area contributed by atoms with Gasteiger partial charge in [-0.1, -0.05) is 0 Å². The number of carbonyl (C=O) groups excluding carboxylic acids is 2. The van der Waals surface area contributed by atoms with Crippen molar-refractivity contribution in [3.05, 3.63) is 0 Å². The molecular weight excluding hydrogens is 246 g/mol. The minimum absolute atomic E-state index is 0.0178. The molecule has 1 saturated heterocycles. The van der Waals surface area contributed by atoms with Crippen LogP contribution in [0.4, 0.5) is 0 Å². The highest BCUT2D eigenvalue weighted by molar-refractivity contribution is 5.87. The summed E-state index contributed by atoms with van der Waals surface area (Å²) in [4.78, 5) is 23.3. The van der Waals surface area contributed by atoms with Gasteiger partial charge in [0.05, 0.1) is 6.10 Å². The molecule has 0 aromatic rings. The van der Waals surface area contributed by atoms with E-state index in [1.807, 2.05) is 13.8 Å². The van der Waals surface area contributed by atoms with Gasteiger partial charge in [0, 0.05) is 6.04 Å². The van der Waals surface area contributed by atoms with E-state index in [1.165, 1.54) is 0 Å². The van der Waals surface area contributed by atoms with Crippen LogP contribution in [0.25, 0.3) is 0 Å². The van der Waals surface area contributed by atoms with Gasteiger partial charge >= 0.3 is 0 Å². The van der Waals surface area contributed by atoms with Gasteiger partial charge in [0.15, 0.2) is 0 Å². The van der Waals surface area contributed by atoms with E-state index in [0.717, 1.165) is 25.9 Å². The first-order valence-corrected chi connectivity index (χ1v) is 6.91. The fraction of sp³-hybridized carbons (Fsp3) is 0.846. The third kappa shape index (κ3) is 6.54. The van der Waals surface area contributed by atoms with Gasteiger partial charge in [-0.15, -0.1) is 0 Å². The first-order valence-electron chi connectivity index (χ1n) is 6.91. The molecule has 1 unspecified atom stereocenters. The van der Waals surface area contributed by atoms with Gasteiger partial charge in [0.1, 0.15) is 12.6 Å². The lowest BCUT2D eigenvalue weighted by molar-refractivity contribution is -0.133. The SMILES string of the molecule is CC(C)NC(=O)C(C)NC(=O)COC1CCNCC1. The van der Waals surface area contributed by atoms with Crippen molar-refractivity contribution in [2.45, 2.75) is 51.8 Å². The predicted molar refractivity (Wildman–Crippen MR) is 72.7 cm³/mol. The zero-order chi connectivity index (χ0) is 14.3. The topological polar surface area (TPSA) is 79.5 Å². The number of nitrogens with one attached hydrogen (secondary N) is 3. The van der Waals surface area contributed by atoms with Crippen molar-refractivity contribution in [3.63, 3.8) is 0 Å². The van der Waals surface area contributed by atoms with Crippen LogP contribution in [-0.2, 0) is 14.3 Å². The Morgan fingerprint density at radius 2 is 1.84 bits per heavy atom. The van der Waals surface area contributed by atoms with Gasteiger partial charge < -0.3 is 20.7 Å². The molecule has 0 spiro atoms. The highest BCUT2D eigenvalue weighted by Gasteiger charge is 2.18. The lowest BCUT2D eigenvalue weighted by Crippen LogP contribution is -2.48. The van der Waals surface area contributed by atoms with Crippen LogP contribution in [-0.4, -0.2) is 49.7 Å². The number of hydrogen-bond acceptors (Lipinski definition) is 4. The van der Waals surface area contributed by atoms with Crippen LogP contribution in [0.1, 0.15) is 33.6 Å². The highest BCUT2D eigenvalue weighted by atomic mass is 16.5. The number of carbonyl (C=O) groups is 2. The molecule has 2 amide bonds. The third-order valence-electron chi connectivity index (χ3n) is 2.94. The Morgan fingerprint density at radius 1 is 1.21 bits per heavy atom. The average Bonchev–Trinajstić information content (AvgIpc) is 2.36. The Labute approximate surface area is 114 Å². The fourth-order valence-corrected chi connectivity index (χ4v) is 1.91. The molecule has 1 heterocycles. The molecule has 6 heteroatoms. The van der Waals surface area contributed by atoms with E-state index in [0.29, 0.717) is 0 Å². The van der Waals surface area contributed by atoms with Crippen LogP contribution in [0.3, 0.4) is 0 Å². The summed E-state index contributed by atoms with van der Waals surface area (Å²) in [7, 11) is 0. The second-order valence-electron chi connectivity index (χ2n) is 5.21. The van der Waals surface area contributed by atoms with Gasteiger partial charge in [0.2, 0.25) is 11.8 Å². The lowest BCUT2D eigenvalue weighted by Gasteiger charge is -2.23. The molecule has 110 valence electrons. The van der Waals surface area contributed by atoms with Crippen LogP contribution < -0.4 is 16.0 Å². The molecule has 3 N–H and O–H groups in total. The van der Waals surface area contributed by atoms with Gasteiger partial charge in [-0.3, -0.25) is 9.59 Å². The minimum Gasteiger partial charge on any atom is -0.368 e. The van der Waals surface area contributed by atoms with Crippen molar-refractivity contribution in [3.8, 4) is 0 Å². The van der Waals surface area contributed by atoms with Crippen LogP contribution in [0.15, 0.2) is 0 Å². The molecule has 0 aromatic carbocycles. The van der Waals surface area contributed by atoms with Crippen LogP contribution in [0.5, 0.6) is 0 Å². The van der Waals surface area contributed by atoms with E-state index in [9.17, 15) is 9.59 Å². The summed E-state index contributed by atoms with van der Waals surface area (Å²) >= 11 is 0. The monoisotopic (exact) mass is 271 g/mol. The molecule has 1 aliphatic heterocycles. The van der Waals surface area contributed by atoms with Crippen molar-refractivity contribution < 1.29 is 14.3 Å². The summed E-state index contributed by atoms with van der Waals surface area (Å²) in [6.07, 6.45) is 2.00. The van der Waals surface area contributed by atoms with Gasteiger partial charge in [-0.2, -0.15) is 0 Å². The summed E-state index contributed by atoms with van der Waals surface area (Å²) in [5.41, 5.74) is 0. The van der Waals surface area contributed by atoms with E-state index in [2.05, 4.69) is 16.0 Å². The molecule has 0 bridgehead atoms. The zero-order valence-corrected chi connectivity index (χ0v) is 12.0. The highest BCUT2D eigenvalue weighted by Crippen LogP contribution is 2.06. The normalized spacial score (nSPS) is 18.1. The molecule has 1 rings (SSSR count). The molecule has 0 aliphatic carbocycles. The van der Waals surface area contributed by atoms with Gasteiger partial charge in [-0.25, -0.2) is 0 Å². The summed E-state index contributed by atoms with van der Waals surface area (Å²) in [5, 5.41) is 8.62. The van der Waals surface area contributed by atoms with Crippen molar-refractivity contribution in [1.29, 1.82) is 0 Å². The largest absolute Gasteiger partial charge is 0.368 e. The Kier molecular flexibility index (Phi) is 6.80. The molecule has 19 heavy (non-hydrogen) atoms. The molecule has 0 radical (unpaired) electrons. The van der Waals surface area contributed by atoms with Crippen LogP contribution in [0.2, 0.25) is 0 Å². The summed E-state index contributed by atoms with van der Waals surface area (Å²) in [5.74, 6) is -0.421. The molecule has 0 saturated carbocycles. The van der Waals surface area contributed by atoms with Crippen molar-refractivity contribution in [2.75, 3.05) is 19.7 Å². The van der Waals surface area contributed by atoms with Crippen molar-refractivity contribution in [1.82, 2.24) is 16.0 Å². The van der Waals surface area contributed by atoms with E-state index in [1.54, 1.807) is 6.92 Å². The first-order chi connectivity index (χ1) is 8.99. The summed E-state index contributed by atoms with van der Waals surface area (Å²) in [6, 6.07) is -0.468. The maximum atomic E-state index is 11.7. The number of amides is 2. The minimum atomic E-state index is -0.536. The second-order valence-corrected chi connectivity index (χ2v) is 5.21. The summed E-state index contributed by atoms with van der Waals surface area (Å²) in [6.45, 7) is 7.31. The Hall–Kier alpha value is -1.14. The average molecular weight is 271 g/mol. The number of ether oxygens (including phenoxy) is 1. The molecule has 0 aromatic heterocycles. The third-order valence-corrected chi connectivity index (χ3v) is 2.94. The Balaban J connectivity index is 2.20. The van der Waals surface area contributed by atoms with Crippen LogP contribution in [0, 0.1) is 0 Å². The van der Waals surface area contributed by atoms with E-state index in [-0.39, 0.29) is 30.6 Å². The second kappa shape index (κ2) is 8.12. The smallest absolute Gasteiger partial charge is 0.246 e. The molecule has 1 atom stereocenters. The van der Waals surface area contributed by atoms with E-state index >= 15 is 0 Å². The van der Waals surface area contributed by atoms with Crippen molar-refractivity contribution >= 4 is 11.8 Å². The van der Waals surface area contributed by atoms with E-state index < -0.39 is 6.04 Å². The Bertz CT molecular complexity index is 302. The Morgan fingerprint density at radius 3 is 2.42 bits per heavy atom.